The van der Waals surface area contributed by atoms with Crippen LogP contribution in [0.3, 0.4) is 0 Å². The molecule has 1 aliphatic carbocycles. The van der Waals surface area contributed by atoms with Gasteiger partial charge in [-0.3, -0.25) is 0 Å². The lowest BCUT2D eigenvalue weighted by molar-refractivity contribution is 0.838. The van der Waals surface area contributed by atoms with Crippen molar-refractivity contribution in [1.82, 2.24) is 0 Å². The van der Waals surface area contributed by atoms with Crippen LogP contribution >= 0.6 is 0 Å². The number of hydrogen-bond acceptors (Lipinski definition) is 1. The van der Waals surface area contributed by atoms with Crippen LogP contribution in [-0.2, 0) is 0 Å². The molecule has 1 aliphatic rings. The molecule has 0 aromatic carbocycles. The topological polar surface area (TPSA) is 26.0 Å². The summed E-state index contributed by atoms with van der Waals surface area (Å²) < 4.78 is 0. The molecule has 0 saturated carbocycles. The molecule has 0 spiro atoms. The van der Waals surface area contributed by atoms with E-state index in [-0.39, 0.29) is 0 Å². The first-order chi connectivity index (χ1) is 5.33. The molecule has 0 aromatic heterocycles. The lowest BCUT2D eigenvalue weighted by Crippen LogP contribution is -2.02. The van der Waals surface area contributed by atoms with E-state index in [9.17, 15) is 0 Å². The third kappa shape index (κ3) is 2.62. The lowest BCUT2D eigenvalue weighted by Gasteiger charge is -2.10. The average molecular weight is 149 g/mol. The number of nitrogens with two attached hydrogens (primary N) is 1. The first-order valence-corrected chi connectivity index (χ1v) is 4.08. The third-order valence-electron chi connectivity index (χ3n) is 1.89. The Morgan fingerprint density at radius 1 is 1.45 bits per heavy atom. The number of allylic oxidation sites excluding steroid dienone is 6. The van der Waals surface area contributed by atoms with Crippen LogP contribution in [-0.4, -0.2) is 0 Å². The Morgan fingerprint density at radius 2 is 2.27 bits per heavy atom. The Kier molecular flexibility index (Phi) is 2.96. The summed E-state index contributed by atoms with van der Waals surface area (Å²) in [6.07, 6.45) is 11.6. The van der Waals surface area contributed by atoms with Gasteiger partial charge in [0.25, 0.3) is 0 Å². The maximum atomic E-state index is 5.64. The maximum absolute atomic E-state index is 5.64. The van der Waals surface area contributed by atoms with Gasteiger partial charge in [0.05, 0.1) is 0 Å². The molecule has 0 unspecified atom stereocenters. The predicted molar refractivity (Wildman–Crippen MR) is 49.0 cm³/mol. The summed E-state index contributed by atoms with van der Waals surface area (Å²) in [4.78, 5) is 0. The molecule has 11 heavy (non-hydrogen) atoms. The SMILES string of the molecule is C/C=C\C=C1/CC=C(N)CC1. The Hall–Kier alpha value is -0.980. The smallest absolute Gasteiger partial charge is 0.00464 e. The zero-order chi connectivity index (χ0) is 8.10. The van der Waals surface area contributed by atoms with Gasteiger partial charge >= 0.3 is 0 Å². The van der Waals surface area contributed by atoms with Crippen molar-refractivity contribution >= 4 is 0 Å². The van der Waals surface area contributed by atoms with Gasteiger partial charge < -0.3 is 5.73 Å². The maximum Gasteiger partial charge on any atom is 0.00464 e. The Morgan fingerprint density at radius 3 is 2.82 bits per heavy atom. The molecular formula is C10H15N. The first-order valence-electron chi connectivity index (χ1n) is 4.08. The average Bonchev–Trinajstić information content (AvgIpc) is 2.04. The van der Waals surface area contributed by atoms with Crippen molar-refractivity contribution in [1.29, 1.82) is 0 Å². The van der Waals surface area contributed by atoms with Crippen LogP contribution in [0.15, 0.2) is 35.6 Å². The summed E-state index contributed by atoms with van der Waals surface area (Å²) in [5, 5.41) is 0. The quantitative estimate of drug-likeness (QED) is 0.609. The third-order valence-corrected chi connectivity index (χ3v) is 1.89. The summed E-state index contributed by atoms with van der Waals surface area (Å²) in [5.41, 5.74) is 8.17. The second kappa shape index (κ2) is 4.02. The number of rotatable bonds is 1. The molecule has 0 aromatic rings. The predicted octanol–water partition coefficient (Wildman–Crippen LogP) is 2.52. The van der Waals surface area contributed by atoms with E-state index < -0.39 is 0 Å². The van der Waals surface area contributed by atoms with Crippen molar-refractivity contribution in [3.63, 3.8) is 0 Å². The Labute approximate surface area is 68.3 Å². The zero-order valence-electron chi connectivity index (χ0n) is 7.01. The van der Waals surface area contributed by atoms with E-state index in [2.05, 4.69) is 24.3 Å². The molecule has 0 saturated heterocycles. The fourth-order valence-electron chi connectivity index (χ4n) is 1.15. The fourth-order valence-corrected chi connectivity index (χ4v) is 1.15. The monoisotopic (exact) mass is 149 g/mol. The molecule has 0 heterocycles. The van der Waals surface area contributed by atoms with Crippen LogP contribution in [0.4, 0.5) is 0 Å². The van der Waals surface area contributed by atoms with Gasteiger partial charge in [0.15, 0.2) is 0 Å². The van der Waals surface area contributed by atoms with Gasteiger partial charge in [-0.15, -0.1) is 0 Å². The molecule has 1 nitrogen and oxygen atoms in total. The standard InChI is InChI=1S/C10H15N/c1-2-3-4-9-5-7-10(11)8-6-9/h2-4,7H,5-6,8,11H2,1H3/b3-2-,9-4+. The minimum Gasteiger partial charge on any atom is -0.402 e. The van der Waals surface area contributed by atoms with Gasteiger partial charge in [-0.05, 0) is 26.2 Å². The highest BCUT2D eigenvalue weighted by Gasteiger charge is 2.02. The van der Waals surface area contributed by atoms with Crippen molar-refractivity contribution in [3.05, 3.63) is 35.6 Å². The first kappa shape index (κ1) is 8.12. The summed E-state index contributed by atoms with van der Waals surface area (Å²) in [6.45, 7) is 2.03. The van der Waals surface area contributed by atoms with Crippen LogP contribution in [0.2, 0.25) is 0 Å². The molecule has 0 atom stereocenters. The van der Waals surface area contributed by atoms with Gasteiger partial charge in [0, 0.05) is 5.70 Å². The van der Waals surface area contributed by atoms with E-state index >= 15 is 0 Å². The van der Waals surface area contributed by atoms with E-state index in [0.717, 1.165) is 25.0 Å². The highest BCUT2D eigenvalue weighted by atomic mass is 14.6. The molecule has 1 heteroatoms. The molecule has 0 radical (unpaired) electrons. The number of hydrogen-bond donors (Lipinski definition) is 1. The fraction of sp³-hybridized carbons (Fsp3) is 0.400. The van der Waals surface area contributed by atoms with Crippen LogP contribution in [0.5, 0.6) is 0 Å². The minimum atomic E-state index is 1.03. The van der Waals surface area contributed by atoms with Crippen molar-refractivity contribution in [2.24, 2.45) is 5.73 Å². The van der Waals surface area contributed by atoms with Crippen molar-refractivity contribution < 1.29 is 0 Å². The van der Waals surface area contributed by atoms with E-state index in [4.69, 9.17) is 5.73 Å². The van der Waals surface area contributed by atoms with Gasteiger partial charge in [-0.1, -0.05) is 29.9 Å². The van der Waals surface area contributed by atoms with Gasteiger partial charge in [0.1, 0.15) is 0 Å². The molecular weight excluding hydrogens is 134 g/mol. The van der Waals surface area contributed by atoms with E-state index in [1.165, 1.54) is 5.57 Å². The van der Waals surface area contributed by atoms with Crippen LogP contribution in [0, 0.1) is 0 Å². The molecule has 0 fully saturated rings. The van der Waals surface area contributed by atoms with Gasteiger partial charge in [-0.2, -0.15) is 0 Å². The molecule has 0 bridgehead atoms. The van der Waals surface area contributed by atoms with Crippen molar-refractivity contribution in [2.75, 3.05) is 0 Å². The van der Waals surface area contributed by atoms with E-state index in [0.29, 0.717) is 0 Å². The van der Waals surface area contributed by atoms with Crippen LogP contribution < -0.4 is 5.73 Å². The van der Waals surface area contributed by atoms with Crippen LogP contribution in [0.1, 0.15) is 26.2 Å². The highest BCUT2D eigenvalue weighted by molar-refractivity contribution is 5.21. The highest BCUT2D eigenvalue weighted by Crippen LogP contribution is 2.19. The zero-order valence-corrected chi connectivity index (χ0v) is 7.01. The largest absolute Gasteiger partial charge is 0.402 e. The van der Waals surface area contributed by atoms with Crippen molar-refractivity contribution in [3.8, 4) is 0 Å². The molecule has 1 rings (SSSR count). The molecule has 0 amide bonds. The molecule has 0 aliphatic heterocycles. The van der Waals surface area contributed by atoms with E-state index in [1.807, 2.05) is 6.92 Å². The summed E-state index contributed by atoms with van der Waals surface area (Å²) in [6, 6.07) is 0. The summed E-state index contributed by atoms with van der Waals surface area (Å²) >= 11 is 0. The lowest BCUT2D eigenvalue weighted by atomic mass is 9.98. The van der Waals surface area contributed by atoms with Gasteiger partial charge in [-0.25, -0.2) is 0 Å². The Bertz CT molecular complexity index is 209. The van der Waals surface area contributed by atoms with Crippen LogP contribution in [0.25, 0.3) is 0 Å². The van der Waals surface area contributed by atoms with Gasteiger partial charge in [0.2, 0.25) is 0 Å². The van der Waals surface area contributed by atoms with Crippen molar-refractivity contribution in [2.45, 2.75) is 26.2 Å². The second-order valence-corrected chi connectivity index (χ2v) is 2.83. The Balaban J connectivity index is 2.52. The molecule has 60 valence electrons. The summed E-state index contributed by atoms with van der Waals surface area (Å²) in [5.74, 6) is 0. The normalized spacial score (nSPS) is 22.6. The molecule has 2 N–H and O–H groups in total. The minimum absolute atomic E-state index is 1.03. The summed E-state index contributed by atoms with van der Waals surface area (Å²) in [7, 11) is 0. The van der Waals surface area contributed by atoms with E-state index in [1.54, 1.807) is 0 Å². The second-order valence-electron chi connectivity index (χ2n) is 2.83.